The molecule has 0 amide bonds. The first kappa shape index (κ1) is 17.6. The van der Waals surface area contributed by atoms with Gasteiger partial charge in [-0.25, -0.2) is 4.79 Å². The average molecular weight is 362 g/mol. The first-order valence-electron chi connectivity index (χ1n) is 8.03. The van der Waals surface area contributed by atoms with Crippen LogP contribution in [0.4, 0.5) is 0 Å². The maximum Gasteiger partial charge on any atom is 0.336 e. The van der Waals surface area contributed by atoms with E-state index >= 15 is 0 Å². The third kappa shape index (κ3) is 5.43. The van der Waals surface area contributed by atoms with Crippen molar-refractivity contribution >= 4 is 35.8 Å². The monoisotopic (exact) mass is 361 g/mol. The van der Waals surface area contributed by atoms with Crippen molar-refractivity contribution in [3.8, 4) is 5.75 Å². The Kier molecular flexibility index (Phi) is 5.96. The summed E-state index contributed by atoms with van der Waals surface area (Å²) in [5, 5.41) is 0.655. The normalized spacial score (nSPS) is 11.1. The topological polar surface area (TPSA) is 39.2 Å². The van der Waals surface area contributed by atoms with Crippen LogP contribution in [-0.4, -0.2) is 11.0 Å². The van der Waals surface area contributed by atoms with Crippen molar-refractivity contribution in [2.75, 3.05) is 0 Å². The lowest BCUT2D eigenvalue weighted by molar-refractivity contribution is -0.128. The Balaban J connectivity index is 1.57. The van der Waals surface area contributed by atoms with Gasteiger partial charge in [-0.1, -0.05) is 48.0 Å². The van der Waals surface area contributed by atoms with Crippen molar-refractivity contribution in [3.05, 3.63) is 101 Å². The predicted octanol–water partition coefficient (Wildman–Crippen LogP) is 5.52. The standard InChI is InChI=1S/C22H16ClNO2/c23-20-8-3-18(4-9-20)7-12-22(25)26-21-10-5-17(6-11-21)1-2-19-13-15-24-16-14-19/h1-16H/b2-1+,12-7+. The molecular formula is C22H16ClNO2. The number of esters is 1. The van der Waals surface area contributed by atoms with Crippen LogP contribution < -0.4 is 4.74 Å². The minimum atomic E-state index is -0.431. The van der Waals surface area contributed by atoms with Gasteiger partial charge in [0.05, 0.1) is 0 Å². The molecule has 0 atom stereocenters. The van der Waals surface area contributed by atoms with Gasteiger partial charge in [0.15, 0.2) is 0 Å². The first-order chi connectivity index (χ1) is 12.7. The molecule has 1 heterocycles. The number of carbonyl (C=O) groups is 1. The van der Waals surface area contributed by atoms with Gasteiger partial charge in [-0.15, -0.1) is 0 Å². The van der Waals surface area contributed by atoms with Crippen LogP contribution in [0.5, 0.6) is 5.75 Å². The highest BCUT2D eigenvalue weighted by Crippen LogP contribution is 2.15. The molecule has 3 rings (SSSR count). The van der Waals surface area contributed by atoms with E-state index in [0.29, 0.717) is 10.8 Å². The summed E-state index contributed by atoms with van der Waals surface area (Å²) in [7, 11) is 0. The Morgan fingerprint density at radius 3 is 1.96 bits per heavy atom. The molecule has 0 aliphatic rings. The molecule has 0 saturated carbocycles. The molecule has 3 aromatic rings. The van der Waals surface area contributed by atoms with Crippen molar-refractivity contribution in [2.45, 2.75) is 0 Å². The molecule has 26 heavy (non-hydrogen) atoms. The van der Waals surface area contributed by atoms with Crippen molar-refractivity contribution in [1.82, 2.24) is 4.98 Å². The van der Waals surface area contributed by atoms with Crippen molar-refractivity contribution < 1.29 is 9.53 Å². The Hall–Kier alpha value is -3.17. The number of benzene rings is 2. The van der Waals surface area contributed by atoms with Gasteiger partial charge in [0, 0.05) is 23.5 Å². The van der Waals surface area contributed by atoms with Crippen LogP contribution in [-0.2, 0) is 4.79 Å². The van der Waals surface area contributed by atoms with Crippen LogP contribution in [0.1, 0.15) is 16.7 Å². The third-order valence-electron chi connectivity index (χ3n) is 3.55. The summed E-state index contributed by atoms with van der Waals surface area (Å²) in [6, 6.07) is 18.4. The van der Waals surface area contributed by atoms with E-state index in [9.17, 15) is 4.79 Å². The Bertz CT molecular complexity index is 915. The predicted molar refractivity (Wildman–Crippen MR) is 106 cm³/mol. The second-order valence-electron chi connectivity index (χ2n) is 5.49. The molecular weight excluding hydrogens is 346 g/mol. The molecule has 128 valence electrons. The Labute approximate surface area is 157 Å². The number of rotatable bonds is 5. The SMILES string of the molecule is O=C(/C=C/c1ccc(Cl)cc1)Oc1ccc(/C=C/c2ccncc2)cc1. The summed E-state index contributed by atoms with van der Waals surface area (Å²) in [6.07, 6.45) is 10.6. The highest BCUT2D eigenvalue weighted by Gasteiger charge is 2.00. The summed E-state index contributed by atoms with van der Waals surface area (Å²) in [5.41, 5.74) is 2.96. The largest absolute Gasteiger partial charge is 0.423 e. The molecule has 0 aliphatic heterocycles. The molecule has 3 nitrogen and oxygen atoms in total. The number of aromatic nitrogens is 1. The Morgan fingerprint density at radius 2 is 1.31 bits per heavy atom. The maximum absolute atomic E-state index is 11.9. The Morgan fingerprint density at radius 1 is 0.769 bits per heavy atom. The zero-order chi connectivity index (χ0) is 18.2. The fraction of sp³-hybridized carbons (Fsp3) is 0. The van der Waals surface area contributed by atoms with E-state index in [1.54, 1.807) is 42.7 Å². The zero-order valence-corrected chi connectivity index (χ0v) is 14.6. The molecule has 1 aromatic heterocycles. The zero-order valence-electron chi connectivity index (χ0n) is 13.9. The van der Waals surface area contributed by atoms with Gasteiger partial charge in [-0.05, 0) is 59.2 Å². The number of nitrogens with zero attached hydrogens (tertiary/aromatic N) is 1. The van der Waals surface area contributed by atoms with Gasteiger partial charge < -0.3 is 4.74 Å². The lowest BCUT2D eigenvalue weighted by atomic mass is 10.1. The number of pyridine rings is 1. The summed E-state index contributed by atoms with van der Waals surface area (Å²) < 4.78 is 5.29. The quantitative estimate of drug-likeness (QED) is 0.341. The van der Waals surface area contributed by atoms with Gasteiger partial charge in [0.1, 0.15) is 5.75 Å². The molecule has 0 aliphatic carbocycles. The second-order valence-corrected chi connectivity index (χ2v) is 5.93. The van der Waals surface area contributed by atoms with E-state index in [1.807, 2.05) is 48.6 Å². The second kappa shape index (κ2) is 8.79. The highest BCUT2D eigenvalue weighted by atomic mass is 35.5. The fourth-order valence-electron chi connectivity index (χ4n) is 2.20. The minimum Gasteiger partial charge on any atom is -0.423 e. The average Bonchev–Trinajstić information content (AvgIpc) is 2.68. The van der Waals surface area contributed by atoms with Crippen molar-refractivity contribution in [1.29, 1.82) is 0 Å². The fourth-order valence-corrected chi connectivity index (χ4v) is 2.33. The highest BCUT2D eigenvalue weighted by molar-refractivity contribution is 6.30. The summed E-state index contributed by atoms with van der Waals surface area (Å²) in [6.45, 7) is 0. The molecule has 0 fully saturated rings. The van der Waals surface area contributed by atoms with Crippen LogP contribution in [0, 0.1) is 0 Å². The van der Waals surface area contributed by atoms with Crippen LogP contribution in [0.15, 0.2) is 79.1 Å². The molecule has 2 aromatic carbocycles. The smallest absolute Gasteiger partial charge is 0.336 e. The summed E-state index contributed by atoms with van der Waals surface area (Å²) >= 11 is 5.83. The number of carbonyl (C=O) groups excluding carboxylic acids is 1. The molecule has 0 bridgehead atoms. The lowest BCUT2D eigenvalue weighted by Gasteiger charge is -2.02. The van der Waals surface area contributed by atoms with Crippen LogP contribution in [0.25, 0.3) is 18.2 Å². The van der Waals surface area contributed by atoms with Crippen LogP contribution in [0.2, 0.25) is 5.02 Å². The van der Waals surface area contributed by atoms with E-state index < -0.39 is 5.97 Å². The van der Waals surface area contributed by atoms with Gasteiger partial charge in [-0.3, -0.25) is 4.98 Å². The third-order valence-corrected chi connectivity index (χ3v) is 3.81. The molecule has 0 spiro atoms. The van der Waals surface area contributed by atoms with Crippen LogP contribution in [0.3, 0.4) is 0 Å². The van der Waals surface area contributed by atoms with Crippen molar-refractivity contribution in [2.24, 2.45) is 0 Å². The van der Waals surface area contributed by atoms with E-state index in [0.717, 1.165) is 16.7 Å². The van der Waals surface area contributed by atoms with Crippen LogP contribution >= 0.6 is 11.6 Å². The lowest BCUT2D eigenvalue weighted by Crippen LogP contribution is -2.03. The minimum absolute atomic E-state index is 0.431. The van der Waals surface area contributed by atoms with Crippen molar-refractivity contribution in [3.63, 3.8) is 0 Å². The van der Waals surface area contributed by atoms with E-state index in [4.69, 9.17) is 16.3 Å². The molecule has 4 heteroatoms. The van der Waals surface area contributed by atoms with Gasteiger partial charge in [0.2, 0.25) is 0 Å². The first-order valence-corrected chi connectivity index (χ1v) is 8.40. The molecule has 0 saturated heterocycles. The summed E-state index contributed by atoms with van der Waals surface area (Å²) in [5.74, 6) is 0.0665. The number of hydrogen-bond donors (Lipinski definition) is 0. The number of hydrogen-bond acceptors (Lipinski definition) is 3. The van der Waals surface area contributed by atoms with E-state index in [1.165, 1.54) is 6.08 Å². The van der Waals surface area contributed by atoms with Gasteiger partial charge in [-0.2, -0.15) is 0 Å². The number of halogens is 1. The van der Waals surface area contributed by atoms with E-state index in [2.05, 4.69) is 4.98 Å². The molecule has 0 N–H and O–H groups in total. The molecule has 0 unspecified atom stereocenters. The summed E-state index contributed by atoms with van der Waals surface area (Å²) in [4.78, 5) is 15.9. The molecule has 0 radical (unpaired) electrons. The van der Waals surface area contributed by atoms with Gasteiger partial charge in [0.25, 0.3) is 0 Å². The maximum atomic E-state index is 11.9. The number of ether oxygens (including phenoxy) is 1. The van der Waals surface area contributed by atoms with E-state index in [-0.39, 0.29) is 0 Å². The van der Waals surface area contributed by atoms with Gasteiger partial charge >= 0.3 is 5.97 Å².